The number of benzene rings is 2. The molecule has 0 saturated heterocycles. The van der Waals surface area contributed by atoms with E-state index in [-0.39, 0.29) is 22.7 Å². The fourth-order valence-electron chi connectivity index (χ4n) is 3.30. The highest BCUT2D eigenvalue weighted by atomic mass is 32.2. The summed E-state index contributed by atoms with van der Waals surface area (Å²) in [5, 5.41) is 8.00. The molecule has 0 aliphatic carbocycles. The van der Waals surface area contributed by atoms with E-state index in [1.54, 1.807) is 54.8 Å². The molecule has 0 spiro atoms. The summed E-state index contributed by atoms with van der Waals surface area (Å²) in [5.74, 6) is -0.673. The number of hydrogen-bond donors (Lipinski definition) is 2. The van der Waals surface area contributed by atoms with Gasteiger partial charge in [-0.3, -0.25) is 4.79 Å². The maximum atomic E-state index is 14.2. The number of nitrogens with one attached hydrogen (secondary N) is 1. The maximum absolute atomic E-state index is 14.2. The summed E-state index contributed by atoms with van der Waals surface area (Å²) in [6, 6.07) is 13.7. The normalized spacial score (nSPS) is 12.6. The number of aromatic nitrogens is 1. The average Bonchev–Trinajstić information content (AvgIpc) is 2.96. The number of hydrogen-bond acceptors (Lipinski definition) is 3. The Morgan fingerprint density at radius 3 is 2.31 bits per heavy atom. The monoisotopic (exact) mass is 415 g/mol. The molecule has 8 heteroatoms. The number of para-hydroxylation sites is 1. The van der Waals surface area contributed by atoms with Crippen LogP contribution in [0.15, 0.2) is 59.5 Å². The Morgan fingerprint density at radius 1 is 1.10 bits per heavy atom. The highest BCUT2D eigenvalue weighted by Crippen LogP contribution is 2.24. The van der Waals surface area contributed by atoms with Gasteiger partial charge in [0.15, 0.2) is 0 Å². The first-order valence-electron chi connectivity index (χ1n) is 8.97. The molecule has 0 aliphatic heterocycles. The first kappa shape index (κ1) is 20.8. The van der Waals surface area contributed by atoms with E-state index in [2.05, 4.69) is 5.32 Å². The third-order valence-corrected chi connectivity index (χ3v) is 5.75. The lowest BCUT2D eigenvalue weighted by Crippen LogP contribution is -2.27. The van der Waals surface area contributed by atoms with E-state index < -0.39 is 10.0 Å². The molecule has 0 saturated carbocycles. The number of primary sulfonamides is 1. The predicted octanol–water partition coefficient (Wildman–Crippen LogP) is 3.37. The molecule has 1 amide bonds. The number of carbonyl (C=O) groups excluding carboxylic acids is 1. The van der Waals surface area contributed by atoms with Crippen LogP contribution in [-0.2, 0) is 10.0 Å². The number of aryl methyl sites for hydroxylation is 1. The SMILES string of the molecule is Cc1cc(C(=O)NC(C)c2ccc(S(N)(=O)=O)cc2)c(C)n1-c1ccccc1F. The number of carbonyl (C=O) groups is 1. The van der Waals surface area contributed by atoms with Crippen LogP contribution in [0.25, 0.3) is 5.69 Å². The van der Waals surface area contributed by atoms with Crippen molar-refractivity contribution in [2.45, 2.75) is 31.7 Å². The van der Waals surface area contributed by atoms with Gasteiger partial charge in [-0.25, -0.2) is 17.9 Å². The van der Waals surface area contributed by atoms with Crippen LogP contribution in [0.5, 0.6) is 0 Å². The van der Waals surface area contributed by atoms with E-state index >= 15 is 0 Å². The van der Waals surface area contributed by atoms with Crippen LogP contribution in [0.2, 0.25) is 0 Å². The summed E-state index contributed by atoms with van der Waals surface area (Å²) in [6.07, 6.45) is 0. The number of sulfonamides is 1. The van der Waals surface area contributed by atoms with E-state index in [1.165, 1.54) is 18.2 Å². The largest absolute Gasteiger partial charge is 0.345 e. The Morgan fingerprint density at radius 2 is 1.72 bits per heavy atom. The third kappa shape index (κ3) is 4.23. The fraction of sp³-hybridized carbons (Fsp3) is 0.190. The number of nitrogens with two attached hydrogens (primary N) is 1. The second kappa shape index (κ2) is 7.81. The molecule has 29 heavy (non-hydrogen) atoms. The summed E-state index contributed by atoms with van der Waals surface area (Å²) in [4.78, 5) is 12.8. The Balaban J connectivity index is 1.85. The van der Waals surface area contributed by atoms with Gasteiger partial charge in [-0.1, -0.05) is 24.3 Å². The zero-order valence-electron chi connectivity index (χ0n) is 16.3. The highest BCUT2D eigenvalue weighted by molar-refractivity contribution is 7.89. The minimum absolute atomic E-state index is 0.00760. The topological polar surface area (TPSA) is 94.2 Å². The van der Waals surface area contributed by atoms with Crippen LogP contribution >= 0.6 is 0 Å². The van der Waals surface area contributed by atoms with Gasteiger partial charge in [-0.05, 0) is 56.7 Å². The molecule has 1 aromatic heterocycles. The zero-order valence-corrected chi connectivity index (χ0v) is 17.1. The maximum Gasteiger partial charge on any atom is 0.253 e. The van der Waals surface area contributed by atoms with E-state index in [4.69, 9.17) is 5.14 Å². The fourth-order valence-corrected chi connectivity index (χ4v) is 3.82. The Kier molecular flexibility index (Phi) is 5.59. The predicted molar refractivity (Wildman–Crippen MR) is 109 cm³/mol. The molecular formula is C21H22FN3O3S. The van der Waals surface area contributed by atoms with Crippen molar-refractivity contribution in [1.82, 2.24) is 9.88 Å². The lowest BCUT2D eigenvalue weighted by molar-refractivity contribution is 0.0939. The van der Waals surface area contributed by atoms with Gasteiger partial charge < -0.3 is 9.88 Å². The van der Waals surface area contributed by atoms with Crippen LogP contribution < -0.4 is 10.5 Å². The van der Waals surface area contributed by atoms with Gasteiger partial charge >= 0.3 is 0 Å². The van der Waals surface area contributed by atoms with Gasteiger partial charge in [-0.2, -0.15) is 0 Å². The van der Waals surface area contributed by atoms with Crippen LogP contribution in [-0.4, -0.2) is 18.9 Å². The molecule has 1 unspecified atom stereocenters. The van der Waals surface area contributed by atoms with Gasteiger partial charge in [0, 0.05) is 11.4 Å². The molecule has 6 nitrogen and oxygen atoms in total. The lowest BCUT2D eigenvalue weighted by atomic mass is 10.1. The van der Waals surface area contributed by atoms with E-state index in [9.17, 15) is 17.6 Å². The van der Waals surface area contributed by atoms with Crippen molar-refractivity contribution >= 4 is 15.9 Å². The van der Waals surface area contributed by atoms with Gasteiger partial charge in [0.25, 0.3) is 5.91 Å². The Labute approximate surface area is 169 Å². The first-order chi connectivity index (χ1) is 13.6. The number of amides is 1. The van der Waals surface area contributed by atoms with Crippen LogP contribution in [0.3, 0.4) is 0 Å². The summed E-state index contributed by atoms with van der Waals surface area (Å²) < 4.78 is 38.7. The third-order valence-electron chi connectivity index (χ3n) is 4.83. The molecule has 1 atom stereocenters. The molecule has 3 aromatic rings. The zero-order chi connectivity index (χ0) is 21.3. The first-order valence-corrected chi connectivity index (χ1v) is 10.5. The molecule has 3 N–H and O–H groups in total. The van der Waals surface area contributed by atoms with Gasteiger partial charge in [-0.15, -0.1) is 0 Å². The van der Waals surface area contributed by atoms with Crippen LogP contribution in [0.1, 0.15) is 40.3 Å². The van der Waals surface area contributed by atoms with Crippen molar-refractivity contribution in [3.05, 3.63) is 82.9 Å². The van der Waals surface area contributed by atoms with Crippen LogP contribution in [0.4, 0.5) is 4.39 Å². The molecule has 3 rings (SSSR count). The average molecular weight is 415 g/mol. The Bertz CT molecular complexity index is 1170. The van der Waals surface area contributed by atoms with Crippen molar-refractivity contribution in [3.8, 4) is 5.69 Å². The van der Waals surface area contributed by atoms with Gasteiger partial charge in [0.05, 0.1) is 22.2 Å². The molecular weight excluding hydrogens is 393 g/mol. The molecule has 0 bridgehead atoms. The number of rotatable bonds is 5. The molecule has 1 heterocycles. The minimum Gasteiger partial charge on any atom is -0.345 e. The molecule has 0 aliphatic rings. The summed E-state index contributed by atoms with van der Waals surface area (Å²) in [5.41, 5.74) is 2.92. The van der Waals surface area contributed by atoms with Crippen molar-refractivity contribution in [2.24, 2.45) is 5.14 Å². The molecule has 2 aromatic carbocycles. The van der Waals surface area contributed by atoms with Crippen molar-refractivity contribution in [3.63, 3.8) is 0 Å². The smallest absolute Gasteiger partial charge is 0.253 e. The number of nitrogens with zero attached hydrogens (tertiary/aromatic N) is 1. The Hall–Kier alpha value is -2.97. The quantitative estimate of drug-likeness (QED) is 0.669. The second-order valence-corrected chi connectivity index (χ2v) is 8.44. The summed E-state index contributed by atoms with van der Waals surface area (Å²) in [6.45, 7) is 5.37. The van der Waals surface area contributed by atoms with Crippen LogP contribution in [0, 0.1) is 19.7 Å². The molecule has 0 fully saturated rings. The van der Waals surface area contributed by atoms with E-state index in [1.807, 2.05) is 6.92 Å². The lowest BCUT2D eigenvalue weighted by Gasteiger charge is -2.15. The van der Waals surface area contributed by atoms with Gasteiger partial charge in [0.1, 0.15) is 5.82 Å². The van der Waals surface area contributed by atoms with Crippen molar-refractivity contribution in [1.29, 1.82) is 0 Å². The number of halogens is 1. The molecule has 152 valence electrons. The summed E-state index contributed by atoms with van der Waals surface area (Å²) in [7, 11) is -3.77. The van der Waals surface area contributed by atoms with E-state index in [0.29, 0.717) is 16.9 Å². The second-order valence-electron chi connectivity index (χ2n) is 6.88. The minimum atomic E-state index is -3.77. The van der Waals surface area contributed by atoms with Crippen molar-refractivity contribution in [2.75, 3.05) is 0 Å². The van der Waals surface area contributed by atoms with Gasteiger partial charge in [0.2, 0.25) is 10.0 Å². The standard InChI is InChI=1S/C21H22FN3O3S/c1-13-12-18(15(3)25(13)20-7-5-4-6-19(20)22)21(26)24-14(2)16-8-10-17(11-9-16)29(23,27)28/h4-12,14H,1-3H3,(H,24,26)(H2,23,27,28). The summed E-state index contributed by atoms with van der Waals surface area (Å²) >= 11 is 0. The van der Waals surface area contributed by atoms with E-state index in [0.717, 1.165) is 11.3 Å². The highest BCUT2D eigenvalue weighted by Gasteiger charge is 2.20. The molecule has 0 radical (unpaired) electrons. The van der Waals surface area contributed by atoms with Crippen molar-refractivity contribution < 1.29 is 17.6 Å².